The fourth-order valence-electron chi connectivity index (χ4n) is 0.982. The lowest BCUT2D eigenvalue weighted by atomic mass is 10.2. The van der Waals surface area contributed by atoms with E-state index in [0.29, 0.717) is 6.20 Å². The Morgan fingerprint density at radius 1 is 1.62 bits per heavy atom. The monoisotopic (exact) mass is 362 g/mol. The van der Waals surface area contributed by atoms with E-state index in [0.717, 1.165) is 0 Å². The number of carbonyl (C=O) groups excluding carboxylic acids is 1. The summed E-state index contributed by atoms with van der Waals surface area (Å²) in [6.45, 7) is 0. The van der Waals surface area contributed by atoms with Crippen molar-refractivity contribution in [1.29, 1.82) is 0 Å². The number of alkyl halides is 2. The highest BCUT2D eigenvalue weighted by Gasteiger charge is 2.29. The van der Waals surface area contributed by atoms with Crippen LogP contribution in [0.25, 0.3) is 0 Å². The Balaban J connectivity index is 3.54. The topological polar surface area (TPSA) is 73.1 Å². The van der Waals surface area contributed by atoms with Crippen LogP contribution in [0.5, 0.6) is 0 Å². The fourth-order valence-corrected chi connectivity index (χ4v) is 2.18. The van der Waals surface area contributed by atoms with Crippen molar-refractivity contribution in [3.05, 3.63) is 31.1 Å². The molecule has 0 aliphatic heterocycles. The Kier molecular flexibility index (Phi) is 4.08. The quantitative estimate of drug-likeness (QED) is 0.359. The van der Waals surface area contributed by atoms with E-state index in [1.807, 2.05) is 0 Å². The number of nitrogens with zero attached hydrogens (tertiary/aromatic N) is 2. The summed E-state index contributed by atoms with van der Waals surface area (Å²) < 4.78 is 24.9. The van der Waals surface area contributed by atoms with Crippen LogP contribution in [-0.2, 0) is 0 Å². The standard InChI is InChI=1S/C7H2ClF2IN2O3/c8-6(14)5-4(11)3(7(9)10)2(1-12-5)13(15)16/h1,7H. The van der Waals surface area contributed by atoms with Gasteiger partial charge in [-0.25, -0.2) is 13.8 Å². The van der Waals surface area contributed by atoms with Crippen LogP contribution in [0.3, 0.4) is 0 Å². The Hall–Kier alpha value is -0.900. The first-order valence-corrected chi connectivity index (χ1v) is 5.12. The van der Waals surface area contributed by atoms with Gasteiger partial charge in [-0.3, -0.25) is 14.9 Å². The zero-order valence-corrected chi connectivity index (χ0v) is 10.2. The predicted octanol–water partition coefficient (Wildman–Crippen LogP) is 2.91. The van der Waals surface area contributed by atoms with Gasteiger partial charge in [-0.1, -0.05) is 0 Å². The minimum absolute atomic E-state index is 0.304. The minimum atomic E-state index is -3.08. The largest absolute Gasteiger partial charge is 0.297 e. The van der Waals surface area contributed by atoms with Crippen molar-refractivity contribution < 1.29 is 18.5 Å². The molecule has 0 N–H and O–H groups in total. The van der Waals surface area contributed by atoms with Gasteiger partial charge in [0.2, 0.25) is 0 Å². The molecule has 0 spiro atoms. The fraction of sp³-hybridized carbons (Fsp3) is 0.143. The van der Waals surface area contributed by atoms with Crippen LogP contribution >= 0.6 is 34.2 Å². The number of pyridine rings is 1. The van der Waals surface area contributed by atoms with Crippen molar-refractivity contribution in [1.82, 2.24) is 4.98 Å². The van der Waals surface area contributed by atoms with E-state index in [-0.39, 0.29) is 3.57 Å². The van der Waals surface area contributed by atoms with Crippen LogP contribution in [0.15, 0.2) is 6.20 Å². The first-order valence-electron chi connectivity index (χ1n) is 3.67. The molecule has 0 radical (unpaired) electrons. The zero-order chi connectivity index (χ0) is 12.5. The van der Waals surface area contributed by atoms with Gasteiger partial charge in [-0.05, 0) is 34.2 Å². The molecule has 0 saturated carbocycles. The highest BCUT2D eigenvalue weighted by molar-refractivity contribution is 14.1. The normalized spacial score (nSPS) is 10.6. The summed E-state index contributed by atoms with van der Waals surface area (Å²) >= 11 is 6.47. The highest BCUT2D eigenvalue weighted by atomic mass is 127. The number of nitro groups is 1. The molecule has 0 bridgehead atoms. The lowest BCUT2D eigenvalue weighted by Gasteiger charge is -2.06. The molecular weight excluding hydrogens is 360 g/mol. The van der Waals surface area contributed by atoms with Gasteiger partial charge in [0.25, 0.3) is 17.4 Å². The molecular formula is C7H2ClF2IN2O3. The second-order valence-corrected chi connectivity index (χ2v) is 3.97. The summed E-state index contributed by atoms with van der Waals surface area (Å²) in [7, 11) is 0. The SMILES string of the molecule is O=C(Cl)c1ncc([N+](=O)[O-])c(C(F)F)c1I. The van der Waals surface area contributed by atoms with Gasteiger partial charge >= 0.3 is 0 Å². The molecule has 0 fully saturated rings. The van der Waals surface area contributed by atoms with Gasteiger partial charge in [0.05, 0.1) is 8.49 Å². The number of aromatic nitrogens is 1. The maximum Gasteiger partial charge on any atom is 0.297 e. The van der Waals surface area contributed by atoms with E-state index >= 15 is 0 Å². The van der Waals surface area contributed by atoms with Crippen molar-refractivity contribution in [3.8, 4) is 0 Å². The molecule has 16 heavy (non-hydrogen) atoms. The summed E-state index contributed by atoms with van der Waals surface area (Å²) in [6.07, 6.45) is -2.48. The second-order valence-electron chi connectivity index (χ2n) is 2.55. The Bertz CT molecular complexity index is 469. The maximum absolute atomic E-state index is 12.6. The van der Waals surface area contributed by atoms with Gasteiger partial charge in [0, 0.05) is 0 Å². The summed E-state index contributed by atoms with van der Waals surface area (Å²) in [5.74, 6) is 0. The highest BCUT2D eigenvalue weighted by Crippen LogP contribution is 2.34. The predicted molar refractivity (Wildman–Crippen MR) is 58.7 cm³/mol. The lowest BCUT2D eigenvalue weighted by Crippen LogP contribution is -2.06. The van der Waals surface area contributed by atoms with Crippen molar-refractivity contribution in [2.24, 2.45) is 0 Å². The van der Waals surface area contributed by atoms with E-state index in [2.05, 4.69) is 4.98 Å². The Morgan fingerprint density at radius 3 is 2.56 bits per heavy atom. The van der Waals surface area contributed by atoms with E-state index in [1.165, 1.54) is 22.6 Å². The molecule has 5 nitrogen and oxygen atoms in total. The molecule has 0 amide bonds. The number of carbonyl (C=O) groups is 1. The van der Waals surface area contributed by atoms with E-state index in [9.17, 15) is 23.7 Å². The molecule has 0 aliphatic carbocycles. The molecule has 0 saturated heterocycles. The van der Waals surface area contributed by atoms with Gasteiger partial charge in [0.15, 0.2) is 0 Å². The first kappa shape index (κ1) is 13.2. The molecule has 0 atom stereocenters. The number of hydrogen-bond acceptors (Lipinski definition) is 4. The number of halogens is 4. The van der Waals surface area contributed by atoms with Crippen LogP contribution < -0.4 is 0 Å². The smallest absolute Gasteiger partial charge is 0.274 e. The average Bonchev–Trinajstić information content (AvgIpc) is 2.15. The third kappa shape index (κ3) is 2.43. The van der Waals surface area contributed by atoms with Crippen molar-refractivity contribution >= 4 is 45.1 Å². The summed E-state index contributed by atoms with van der Waals surface area (Å²) in [6, 6.07) is 0. The van der Waals surface area contributed by atoms with Gasteiger partial charge < -0.3 is 0 Å². The van der Waals surface area contributed by atoms with Gasteiger partial charge in [0.1, 0.15) is 17.5 Å². The summed E-state index contributed by atoms with van der Waals surface area (Å²) in [4.78, 5) is 23.7. The van der Waals surface area contributed by atoms with E-state index < -0.39 is 33.5 Å². The molecule has 1 aromatic heterocycles. The third-order valence-corrected chi connectivity index (χ3v) is 2.91. The van der Waals surface area contributed by atoms with Crippen molar-refractivity contribution in [2.45, 2.75) is 6.43 Å². The van der Waals surface area contributed by atoms with E-state index in [4.69, 9.17) is 11.6 Å². The number of hydrogen-bond donors (Lipinski definition) is 0. The second kappa shape index (κ2) is 4.95. The minimum Gasteiger partial charge on any atom is -0.274 e. The van der Waals surface area contributed by atoms with Crippen LogP contribution in [-0.4, -0.2) is 15.1 Å². The Morgan fingerprint density at radius 2 is 2.19 bits per heavy atom. The zero-order valence-electron chi connectivity index (χ0n) is 7.29. The molecule has 0 unspecified atom stereocenters. The molecule has 1 aromatic rings. The van der Waals surface area contributed by atoms with Gasteiger partial charge in [-0.15, -0.1) is 0 Å². The molecule has 0 aromatic carbocycles. The van der Waals surface area contributed by atoms with Crippen LogP contribution in [0.1, 0.15) is 22.5 Å². The molecule has 1 rings (SSSR count). The van der Waals surface area contributed by atoms with Crippen LogP contribution in [0.4, 0.5) is 14.5 Å². The first-order chi connectivity index (χ1) is 7.36. The summed E-state index contributed by atoms with van der Waals surface area (Å²) in [5, 5.41) is 9.43. The summed E-state index contributed by atoms with van der Waals surface area (Å²) in [5.41, 5.74) is -2.09. The molecule has 1 heterocycles. The van der Waals surface area contributed by atoms with Crippen molar-refractivity contribution in [3.63, 3.8) is 0 Å². The number of rotatable bonds is 3. The maximum atomic E-state index is 12.6. The van der Waals surface area contributed by atoms with Crippen LogP contribution in [0, 0.1) is 13.7 Å². The van der Waals surface area contributed by atoms with Crippen LogP contribution in [0.2, 0.25) is 0 Å². The molecule has 0 aliphatic rings. The average molecular weight is 362 g/mol. The molecule has 86 valence electrons. The Labute approximate surface area is 106 Å². The third-order valence-electron chi connectivity index (χ3n) is 1.64. The van der Waals surface area contributed by atoms with Crippen molar-refractivity contribution in [2.75, 3.05) is 0 Å². The molecule has 9 heteroatoms. The lowest BCUT2D eigenvalue weighted by molar-refractivity contribution is -0.386. The van der Waals surface area contributed by atoms with E-state index in [1.54, 1.807) is 0 Å². The van der Waals surface area contributed by atoms with Gasteiger partial charge in [-0.2, -0.15) is 0 Å².